The average Bonchev–Trinajstić information content (AvgIpc) is 3.35. The topological polar surface area (TPSA) is 70.6 Å². The van der Waals surface area contributed by atoms with Crippen LogP contribution in [0.4, 0.5) is 11.8 Å². The number of carbonyl (C=O) groups excluding carboxylic acids is 1. The van der Waals surface area contributed by atoms with Gasteiger partial charge in [-0.3, -0.25) is 4.79 Å². The Hall–Kier alpha value is -1.89. The molecule has 0 radical (unpaired) electrons. The fraction of sp³-hybridized carbons (Fsp3) is 0.688. The molecule has 0 atom stereocenters. The zero-order valence-corrected chi connectivity index (χ0v) is 13.5. The van der Waals surface area contributed by atoms with Crippen LogP contribution >= 0.6 is 0 Å². The number of carbonyl (C=O) groups is 1. The van der Waals surface area contributed by atoms with Gasteiger partial charge < -0.3 is 19.9 Å². The van der Waals surface area contributed by atoms with Crippen molar-refractivity contribution in [2.45, 2.75) is 25.8 Å². The zero-order chi connectivity index (χ0) is 15.8. The maximum atomic E-state index is 12.1. The van der Waals surface area contributed by atoms with Crippen LogP contribution in [0.1, 0.15) is 18.5 Å². The number of amides is 1. The number of rotatable bonds is 4. The first kappa shape index (κ1) is 14.7. The van der Waals surface area contributed by atoms with Crippen LogP contribution in [-0.2, 0) is 9.53 Å². The van der Waals surface area contributed by atoms with Gasteiger partial charge in [0.25, 0.3) is 0 Å². The third kappa shape index (κ3) is 3.24. The van der Waals surface area contributed by atoms with E-state index >= 15 is 0 Å². The monoisotopic (exact) mass is 317 g/mol. The zero-order valence-electron chi connectivity index (χ0n) is 13.5. The van der Waals surface area contributed by atoms with E-state index in [1.807, 2.05) is 17.9 Å². The van der Waals surface area contributed by atoms with Gasteiger partial charge in [0, 0.05) is 43.9 Å². The number of nitrogens with one attached hydrogen (secondary N) is 1. The highest BCUT2D eigenvalue weighted by Crippen LogP contribution is 2.31. The SMILES string of the molecule is Cc1cc(NC2COC2)nc(N2CCN(C(=O)C3CC3)CC2)n1. The largest absolute Gasteiger partial charge is 0.377 e. The van der Waals surface area contributed by atoms with E-state index in [4.69, 9.17) is 4.74 Å². The molecule has 0 unspecified atom stereocenters. The van der Waals surface area contributed by atoms with E-state index in [0.717, 1.165) is 69.7 Å². The van der Waals surface area contributed by atoms with Crippen molar-refractivity contribution in [3.63, 3.8) is 0 Å². The van der Waals surface area contributed by atoms with Gasteiger partial charge in [-0.15, -0.1) is 0 Å². The average molecular weight is 317 g/mol. The van der Waals surface area contributed by atoms with E-state index in [-0.39, 0.29) is 0 Å². The Kier molecular flexibility index (Phi) is 3.80. The molecule has 0 spiro atoms. The van der Waals surface area contributed by atoms with Crippen LogP contribution in [0, 0.1) is 12.8 Å². The number of ether oxygens (including phenoxy) is 1. The lowest BCUT2D eigenvalue weighted by Crippen LogP contribution is -2.49. The second kappa shape index (κ2) is 5.96. The predicted octanol–water partition coefficient (Wildman–Crippen LogP) is 0.654. The van der Waals surface area contributed by atoms with Gasteiger partial charge in [0.05, 0.1) is 19.3 Å². The van der Waals surface area contributed by atoms with Crippen molar-refractivity contribution in [2.75, 3.05) is 49.6 Å². The highest BCUT2D eigenvalue weighted by molar-refractivity contribution is 5.81. The summed E-state index contributed by atoms with van der Waals surface area (Å²) in [5.74, 6) is 2.25. The van der Waals surface area contributed by atoms with E-state index in [2.05, 4.69) is 20.2 Å². The Morgan fingerprint density at radius 2 is 1.96 bits per heavy atom. The van der Waals surface area contributed by atoms with Crippen LogP contribution in [0.3, 0.4) is 0 Å². The summed E-state index contributed by atoms with van der Waals surface area (Å²) in [6.45, 7) is 6.60. The van der Waals surface area contributed by atoms with Crippen molar-refractivity contribution in [3.05, 3.63) is 11.8 Å². The summed E-state index contributed by atoms with van der Waals surface area (Å²) < 4.78 is 5.19. The van der Waals surface area contributed by atoms with Crippen molar-refractivity contribution >= 4 is 17.7 Å². The van der Waals surface area contributed by atoms with E-state index in [1.165, 1.54) is 0 Å². The summed E-state index contributed by atoms with van der Waals surface area (Å²) in [5, 5.41) is 3.38. The first-order chi connectivity index (χ1) is 11.2. The molecule has 0 bridgehead atoms. The molecule has 7 nitrogen and oxygen atoms in total. The third-order valence-corrected chi connectivity index (χ3v) is 4.63. The van der Waals surface area contributed by atoms with Crippen molar-refractivity contribution in [2.24, 2.45) is 5.92 Å². The summed E-state index contributed by atoms with van der Waals surface area (Å²) in [7, 11) is 0. The van der Waals surface area contributed by atoms with Crippen LogP contribution in [-0.4, -0.2) is 66.2 Å². The fourth-order valence-electron chi connectivity index (χ4n) is 3.01. The molecule has 124 valence electrons. The molecule has 1 aromatic rings. The normalized spacial score (nSPS) is 22.0. The van der Waals surface area contributed by atoms with E-state index in [0.29, 0.717) is 17.9 Å². The second-order valence-corrected chi connectivity index (χ2v) is 6.66. The van der Waals surface area contributed by atoms with Crippen molar-refractivity contribution in [1.29, 1.82) is 0 Å². The highest BCUT2D eigenvalue weighted by Gasteiger charge is 2.34. The minimum absolute atomic E-state index is 0.303. The first-order valence-corrected chi connectivity index (χ1v) is 8.43. The minimum Gasteiger partial charge on any atom is -0.377 e. The molecule has 7 heteroatoms. The molecular formula is C16H23N5O2. The minimum atomic E-state index is 0.303. The molecule has 3 fully saturated rings. The molecule has 1 N–H and O–H groups in total. The number of nitrogens with zero attached hydrogens (tertiary/aromatic N) is 4. The molecule has 2 aliphatic heterocycles. The van der Waals surface area contributed by atoms with Crippen LogP contribution in [0.25, 0.3) is 0 Å². The van der Waals surface area contributed by atoms with Gasteiger partial charge >= 0.3 is 0 Å². The quantitative estimate of drug-likeness (QED) is 0.879. The number of piperazine rings is 1. The number of hydrogen-bond acceptors (Lipinski definition) is 6. The molecule has 0 aromatic carbocycles. The van der Waals surface area contributed by atoms with Gasteiger partial charge in [-0.25, -0.2) is 4.98 Å². The van der Waals surface area contributed by atoms with Gasteiger partial charge in [-0.05, 0) is 19.8 Å². The van der Waals surface area contributed by atoms with Crippen LogP contribution < -0.4 is 10.2 Å². The number of aryl methyl sites for hydroxylation is 1. The van der Waals surface area contributed by atoms with Gasteiger partial charge in [0.15, 0.2) is 0 Å². The second-order valence-electron chi connectivity index (χ2n) is 6.66. The lowest BCUT2D eigenvalue weighted by atomic mass is 10.2. The Balaban J connectivity index is 1.40. The summed E-state index contributed by atoms with van der Waals surface area (Å²) in [4.78, 5) is 25.5. The van der Waals surface area contributed by atoms with E-state index in [1.54, 1.807) is 0 Å². The first-order valence-electron chi connectivity index (χ1n) is 8.43. The molecular weight excluding hydrogens is 294 g/mol. The number of anilines is 2. The predicted molar refractivity (Wildman–Crippen MR) is 86.5 cm³/mol. The highest BCUT2D eigenvalue weighted by atomic mass is 16.5. The van der Waals surface area contributed by atoms with Gasteiger partial charge in [-0.2, -0.15) is 4.98 Å². The van der Waals surface area contributed by atoms with Crippen molar-refractivity contribution in [1.82, 2.24) is 14.9 Å². The van der Waals surface area contributed by atoms with Gasteiger partial charge in [-0.1, -0.05) is 0 Å². The lowest BCUT2D eigenvalue weighted by molar-refractivity contribution is -0.132. The molecule has 1 amide bonds. The van der Waals surface area contributed by atoms with Crippen molar-refractivity contribution in [3.8, 4) is 0 Å². The van der Waals surface area contributed by atoms with E-state index < -0.39 is 0 Å². The fourth-order valence-corrected chi connectivity index (χ4v) is 3.01. The molecule has 23 heavy (non-hydrogen) atoms. The molecule has 3 heterocycles. The maximum absolute atomic E-state index is 12.1. The Morgan fingerprint density at radius 3 is 2.57 bits per heavy atom. The molecule has 1 saturated carbocycles. The van der Waals surface area contributed by atoms with Gasteiger partial charge in [0.1, 0.15) is 5.82 Å². The molecule has 1 aliphatic carbocycles. The summed E-state index contributed by atoms with van der Waals surface area (Å²) in [6.07, 6.45) is 2.14. The molecule has 3 aliphatic rings. The Bertz CT molecular complexity index is 592. The third-order valence-electron chi connectivity index (χ3n) is 4.63. The van der Waals surface area contributed by atoms with Crippen molar-refractivity contribution < 1.29 is 9.53 Å². The van der Waals surface area contributed by atoms with Crippen LogP contribution in [0.15, 0.2) is 6.07 Å². The Labute approximate surface area is 136 Å². The molecule has 1 aromatic heterocycles. The smallest absolute Gasteiger partial charge is 0.227 e. The summed E-state index contributed by atoms with van der Waals surface area (Å²) in [5.41, 5.74) is 0.953. The number of aromatic nitrogens is 2. The summed E-state index contributed by atoms with van der Waals surface area (Å²) >= 11 is 0. The van der Waals surface area contributed by atoms with Crippen LogP contribution in [0.2, 0.25) is 0 Å². The lowest BCUT2D eigenvalue weighted by Gasteiger charge is -2.35. The standard InChI is InChI=1S/C16H23N5O2/c1-11-8-14(18-13-9-23-10-13)19-16(17-11)21-6-4-20(5-7-21)15(22)12-2-3-12/h8,12-13H,2-7,9-10H2,1H3,(H,17,18,19). The molecule has 4 rings (SSSR count). The summed E-state index contributed by atoms with van der Waals surface area (Å²) in [6, 6.07) is 2.32. The maximum Gasteiger partial charge on any atom is 0.227 e. The number of hydrogen-bond donors (Lipinski definition) is 1. The van der Waals surface area contributed by atoms with Crippen LogP contribution in [0.5, 0.6) is 0 Å². The van der Waals surface area contributed by atoms with E-state index in [9.17, 15) is 4.79 Å². The Morgan fingerprint density at radius 1 is 1.22 bits per heavy atom. The molecule has 2 saturated heterocycles. The van der Waals surface area contributed by atoms with Gasteiger partial charge in [0.2, 0.25) is 11.9 Å².